The fourth-order valence-electron chi connectivity index (χ4n) is 2.54. The van der Waals surface area contributed by atoms with E-state index in [1.165, 1.54) is 5.57 Å². The van der Waals surface area contributed by atoms with E-state index in [0.29, 0.717) is 11.8 Å². The van der Waals surface area contributed by atoms with Gasteiger partial charge in [-0.2, -0.15) is 0 Å². The van der Waals surface area contributed by atoms with Gasteiger partial charge in [0.15, 0.2) is 0 Å². The van der Waals surface area contributed by atoms with Crippen molar-refractivity contribution in [2.75, 3.05) is 13.6 Å². The number of carbonyl (C=O) groups excluding carboxylic acids is 1. The van der Waals surface area contributed by atoms with Gasteiger partial charge < -0.3 is 4.90 Å². The molecule has 2 unspecified atom stereocenters. The Labute approximate surface area is 105 Å². The molecule has 1 heterocycles. The highest BCUT2D eigenvalue weighted by Gasteiger charge is 2.32. The van der Waals surface area contributed by atoms with Gasteiger partial charge in [0.25, 0.3) is 0 Å². The second-order valence-corrected chi connectivity index (χ2v) is 5.09. The zero-order chi connectivity index (χ0) is 12.8. The van der Waals surface area contributed by atoms with Crippen LogP contribution in [-0.2, 0) is 4.79 Å². The van der Waals surface area contributed by atoms with E-state index in [1.54, 1.807) is 0 Å². The van der Waals surface area contributed by atoms with E-state index >= 15 is 0 Å². The van der Waals surface area contributed by atoms with Crippen LogP contribution in [0.3, 0.4) is 0 Å². The van der Waals surface area contributed by atoms with E-state index in [0.717, 1.165) is 32.2 Å². The maximum atomic E-state index is 11.9. The van der Waals surface area contributed by atoms with Gasteiger partial charge >= 0.3 is 0 Å². The number of hydrogen-bond acceptors (Lipinski definition) is 1. The van der Waals surface area contributed by atoms with Gasteiger partial charge in [0.2, 0.25) is 5.91 Å². The number of nitrogens with zero attached hydrogens (tertiary/aromatic N) is 1. The molecule has 1 fully saturated rings. The van der Waals surface area contributed by atoms with Crippen LogP contribution in [0.2, 0.25) is 0 Å². The van der Waals surface area contributed by atoms with E-state index in [2.05, 4.69) is 26.5 Å². The van der Waals surface area contributed by atoms with Crippen molar-refractivity contribution < 1.29 is 4.79 Å². The number of amides is 1. The zero-order valence-electron chi connectivity index (χ0n) is 11.4. The smallest absolute Gasteiger partial charge is 0.225 e. The van der Waals surface area contributed by atoms with Gasteiger partial charge in [-0.15, -0.1) is 0 Å². The highest BCUT2D eigenvalue weighted by molar-refractivity contribution is 5.80. The van der Waals surface area contributed by atoms with Gasteiger partial charge in [-0.25, -0.2) is 0 Å². The molecule has 1 saturated heterocycles. The minimum Gasteiger partial charge on any atom is -0.345 e. The summed E-state index contributed by atoms with van der Waals surface area (Å²) in [4.78, 5) is 13.7. The van der Waals surface area contributed by atoms with Crippen LogP contribution >= 0.6 is 0 Å². The van der Waals surface area contributed by atoms with Crippen LogP contribution in [-0.4, -0.2) is 24.4 Å². The highest BCUT2D eigenvalue weighted by atomic mass is 16.2. The number of likely N-dealkylation sites (tertiary alicyclic amines) is 1. The molecule has 1 aliphatic rings. The lowest BCUT2D eigenvalue weighted by Crippen LogP contribution is -2.25. The Bertz CT molecular complexity index is 306. The largest absolute Gasteiger partial charge is 0.345 e. The third kappa shape index (κ3) is 3.72. The summed E-state index contributed by atoms with van der Waals surface area (Å²) in [5, 5.41) is 0. The van der Waals surface area contributed by atoms with Crippen LogP contribution in [0.1, 0.15) is 39.5 Å². The first-order chi connectivity index (χ1) is 8.10. The van der Waals surface area contributed by atoms with Gasteiger partial charge in [-0.05, 0) is 31.6 Å². The van der Waals surface area contributed by atoms with Crippen molar-refractivity contribution in [3.05, 3.63) is 24.3 Å². The minimum atomic E-state index is 0.252. The molecular weight excluding hydrogens is 210 g/mol. The third-order valence-electron chi connectivity index (χ3n) is 3.88. The second-order valence-electron chi connectivity index (χ2n) is 5.09. The molecule has 2 atom stereocenters. The van der Waals surface area contributed by atoms with Crippen LogP contribution in [0.4, 0.5) is 0 Å². The quantitative estimate of drug-likeness (QED) is 0.646. The van der Waals surface area contributed by atoms with Gasteiger partial charge in [-0.1, -0.05) is 38.2 Å². The standard InChI is InChI=1S/C15H25NO/c1-5-7-13(6-2)9-8-12(3)14-10-11-16(4)15(14)17/h5,7,12,14H,1,6,8-11H2,2-4H3/b13-7+. The van der Waals surface area contributed by atoms with E-state index in [-0.39, 0.29) is 5.92 Å². The molecule has 1 amide bonds. The van der Waals surface area contributed by atoms with Crippen molar-refractivity contribution in [3.8, 4) is 0 Å². The lowest BCUT2D eigenvalue weighted by Gasteiger charge is -2.18. The van der Waals surface area contributed by atoms with Crippen LogP contribution in [0.25, 0.3) is 0 Å². The Balaban J connectivity index is 2.44. The molecule has 96 valence electrons. The molecule has 2 heteroatoms. The molecular formula is C15H25NO. The Hall–Kier alpha value is -1.05. The molecule has 0 bridgehead atoms. The Morgan fingerprint density at radius 1 is 1.65 bits per heavy atom. The molecule has 0 aliphatic carbocycles. The molecule has 0 radical (unpaired) electrons. The monoisotopic (exact) mass is 235 g/mol. The molecule has 0 saturated carbocycles. The Morgan fingerprint density at radius 3 is 2.82 bits per heavy atom. The van der Waals surface area contributed by atoms with Crippen molar-refractivity contribution in [1.29, 1.82) is 0 Å². The van der Waals surface area contributed by atoms with Crippen LogP contribution in [0, 0.1) is 11.8 Å². The van der Waals surface area contributed by atoms with Crippen molar-refractivity contribution in [2.24, 2.45) is 11.8 Å². The first-order valence-corrected chi connectivity index (χ1v) is 6.65. The van der Waals surface area contributed by atoms with Crippen LogP contribution in [0.5, 0.6) is 0 Å². The van der Waals surface area contributed by atoms with E-state index in [4.69, 9.17) is 0 Å². The first kappa shape index (κ1) is 14.0. The van der Waals surface area contributed by atoms with Gasteiger partial charge in [0.1, 0.15) is 0 Å². The molecule has 0 aromatic rings. The number of allylic oxidation sites excluding steroid dienone is 3. The summed E-state index contributed by atoms with van der Waals surface area (Å²) >= 11 is 0. The predicted octanol–water partition coefficient (Wildman–Crippen LogP) is 3.40. The van der Waals surface area contributed by atoms with Crippen molar-refractivity contribution >= 4 is 5.91 Å². The van der Waals surface area contributed by atoms with Gasteiger partial charge in [0.05, 0.1) is 0 Å². The topological polar surface area (TPSA) is 20.3 Å². The molecule has 0 aromatic heterocycles. The molecule has 0 aromatic carbocycles. The van der Waals surface area contributed by atoms with Crippen molar-refractivity contribution in [1.82, 2.24) is 4.90 Å². The summed E-state index contributed by atoms with van der Waals surface area (Å²) in [6.07, 6.45) is 8.28. The predicted molar refractivity (Wildman–Crippen MR) is 72.7 cm³/mol. The second kappa shape index (κ2) is 6.63. The van der Waals surface area contributed by atoms with Crippen molar-refractivity contribution in [2.45, 2.75) is 39.5 Å². The summed E-state index contributed by atoms with van der Waals surface area (Å²) in [7, 11) is 1.91. The fourth-order valence-corrected chi connectivity index (χ4v) is 2.54. The maximum absolute atomic E-state index is 11.9. The lowest BCUT2D eigenvalue weighted by molar-refractivity contribution is -0.131. The Kier molecular flexibility index (Phi) is 5.46. The summed E-state index contributed by atoms with van der Waals surface area (Å²) in [6.45, 7) is 9.05. The molecule has 0 spiro atoms. The summed E-state index contributed by atoms with van der Waals surface area (Å²) in [6, 6.07) is 0. The molecule has 0 N–H and O–H groups in total. The molecule has 1 rings (SSSR count). The SMILES string of the molecule is C=C/C=C(\CC)CCC(C)C1CCN(C)C1=O. The fraction of sp³-hybridized carbons (Fsp3) is 0.667. The first-order valence-electron chi connectivity index (χ1n) is 6.65. The third-order valence-corrected chi connectivity index (χ3v) is 3.88. The van der Waals surface area contributed by atoms with E-state index in [1.807, 2.05) is 18.0 Å². The minimum absolute atomic E-state index is 0.252. The summed E-state index contributed by atoms with van der Waals surface area (Å²) in [5.41, 5.74) is 1.44. The highest BCUT2D eigenvalue weighted by Crippen LogP contribution is 2.29. The zero-order valence-corrected chi connectivity index (χ0v) is 11.4. The van der Waals surface area contributed by atoms with Gasteiger partial charge in [0, 0.05) is 19.5 Å². The number of carbonyl (C=O) groups is 1. The van der Waals surface area contributed by atoms with Crippen LogP contribution < -0.4 is 0 Å². The average Bonchev–Trinajstić information content (AvgIpc) is 2.65. The normalized spacial score (nSPS) is 23.0. The van der Waals surface area contributed by atoms with Crippen molar-refractivity contribution in [3.63, 3.8) is 0 Å². The van der Waals surface area contributed by atoms with E-state index in [9.17, 15) is 4.79 Å². The Morgan fingerprint density at radius 2 is 2.35 bits per heavy atom. The van der Waals surface area contributed by atoms with Crippen LogP contribution in [0.15, 0.2) is 24.3 Å². The lowest BCUT2D eigenvalue weighted by atomic mass is 9.87. The molecule has 1 aliphatic heterocycles. The summed E-state index contributed by atoms with van der Waals surface area (Å²) < 4.78 is 0. The number of rotatable bonds is 6. The maximum Gasteiger partial charge on any atom is 0.225 e. The molecule has 2 nitrogen and oxygen atoms in total. The number of hydrogen-bond donors (Lipinski definition) is 0. The summed E-state index contributed by atoms with van der Waals surface area (Å²) in [5.74, 6) is 1.08. The van der Waals surface area contributed by atoms with E-state index < -0.39 is 0 Å². The van der Waals surface area contributed by atoms with Gasteiger partial charge in [-0.3, -0.25) is 4.79 Å². The molecule has 17 heavy (non-hydrogen) atoms. The average molecular weight is 235 g/mol.